The molecule has 7 heteroatoms. The first kappa shape index (κ1) is 24.2. The molecule has 1 atom stereocenters. The molecule has 4 aromatic rings. The van der Waals surface area contributed by atoms with Gasteiger partial charge < -0.3 is 23.7 Å². The fraction of sp³-hybridized carbons (Fsp3) is 0.345. The fourth-order valence-electron chi connectivity index (χ4n) is 4.70. The van der Waals surface area contributed by atoms with Gasteiger partial charge >= 0.3 is 0 Å². The number of aromatic nitrogens is 1. The van der Waals surface area contributed by atoms with E-state index in [9.17, 15) is 5.11 Å². The quantitative estimate of drug-likeness (QED) is 0.305. The Labute approximate surface area is 211 Å². The van der Waals surface area contributed by atoms with E-state index in [4.69, 9.17) is 13.7 Å². The highest BCUT2D eigenvalue weighted by molar-refractivity contribution is 5.68. The third kappa shape index (κ3) is 6.17. The van der Waals surface area contributed by atoms with Gasteiger partial charge in [0.15, 0.2) is 0 Å². The van der Waals surface area contributed by atoms with Gasteiger partial charge in [-0.05, 0) is 43.5 Å². The Balaban J connectivity index is 1.39. The molecular formula is C29H33N3O4. The maximum absolute atomic E-state index is 10.9. The first-order valence-electron chi connectivity index (χ1n) is 12.7. The molecule has 0 bridgehead atoms. The Morgan fingerprint density at radius 3 is 2.39 bits per heavy atom. The molecule has 0 amide bonds. The molecule has 0 radical (unpaired) electrons. The zero-order valence-electron chi connectivity index (χ0n) is 20.5. The summed E-state index contributed by atoms with van der Waals surface area (Å²) in [5.41, 5.74) is 2.90. The number of para-hydroxylation sites is 1. The lowest BCUT2D eigenvalue weighted by Gasteiger charge is -2.29. The zero-order valence-corrected chi connectivity index (χ0v) is 20.5. The van der Waals surface area contributed by atoms with Crippen molar-refractivity contribution in [3.05, 3.63) is 90.4 Å². The van der Waals surface area contributed by atoms with Crippen LogP contribution in [0.3, 0.4) is 0 Å². The van der Waals surface area contributed by atoms with E-state index in [1.807, 2.05) is 60.7 Å². The van der Waals surface area contributed by atoms with Crippen LogP contribution >= 0.6 is 0 Å². The molecule has 1 aliphatic rings. The molecule has 5 rings (SSSR count). The number of rotatable bonds is 11. The van der Waals surface area contributed by atoms with Crippen molar-refractivity contribution in [3.63, 3.8) is 0 Å². The van der Waals surface area contributed by atoms with E-state index in [1.165, 1.54) is 6.42 Å². The monoisotopic (exact) mass is 487 g/mol. The van der Waals surface area contributed by atoms with Gasteiger partial charge in [-0.3, -0.25) is 4.90 Å². The van der Waals surface area contributed by atoms with Gasteiger partial charge in [0, 0.05) is 31.7 Å². The Kier molecular flexibility index (Phi) is 8.00. The smallest absolute Gasteiger partial charge is 0.232 e. The van der Waals surface area contributed by atoms with Crippen molar-refractivity contribution in [2.75, 3.05) is 31.1 Å². The normalized spacial score (nSPS) is 14.8. The molecule has 1 saturated heterocycles. The minimum Gasteiger partial charge on any atom is -0.491 e. The third-order valence-corrected chi connectivity index (χ3v) is 6.45. The largest absolute Gasteiger partial charge is 0.491 e. The predicted molar refractivity (Wildman–Crippen MR) is 139 cm³/mol. The summed E-state index contributed by atoms with van der Waals surface area (Å²) >= 11 is 0. The molecule has 0 unspecified atom stereocenters. The Morgan fingerprint density at radius 1 is 0.917 bits per heavy atom. The second-order valence-corrected chi connectivity index (χ2v) is 9.26. The van der Waals surface area contributed by atoms with Crippen LogP contribution in [0.1, 0.15) is 30.6 Å². The number of aliphatic hydroxyl groups excluding tert-OH is 1. The van der Waals surface area contributed by atoms with Gasteiger partial charge in [-0.15, -0.1) is 0 Å². The predicted octanol–water partition coefficient (Wildman–Crippen LogP) is 5.37. The van der Waals surface area contributed by atoms with Crippen LogP contribution in [0.15, 0.2) is 88.0 Å². The van der Waals surface area contributed by atoms with E-state index < -0.39 is 6.10 Å². The van der Waals surface area contributed by atoms with E-state index in [-0.39, 0.29) is 6.61 Å². The number of piperidine rings is 1. The van der Waals surface area contributed by atoms with Crippen molar-refractivity contribution in [1.29, 1.82) is 0 Å². The lowest BCUT2D eigenvalue weighted by molar-refractivity contribution is 0.0605. The van der Waals surface area contributed by atoms with Crippen molar-refractivity contribution in [1.82, 2.24) is 10.1 Å². The topological polar surface area (TPSA) is 75.1 Å². The molecule has 36 heavy (non-hydrogen) atoms. The molecule has 0 aliphatic carbocycles. The lowest BCUT2D eigenvalue weighted by atomic mass is 10.1. The van der Waals surface area contributed by atoms with E-state index in [2.05, 4.69) is 27.1 Å². The van der Waals surface area contributed by atoms with E-state index in [0.29, 0.717) is 19.6 Å². The Bertz CT molecular complexity index is 1170. The van der Waals surface area contributed by atoms with Crippen LogP contribution in [0.25, 0.3) is 11.3 Å². The van der Waals surface area contributed by atoms with Gasteiger partial charge in [-0.2, -0.15) is 0 Å². The second kappa shape index (κ2) is 11.9. The molecule has 0 spiro atoms. The van der Waals surface area contributed by atoms with E-state index in [1.54, 1.807) is 6.26 Å². The minimum atomic E-state index is -0.682. The van der Waals surface area contributed by atoms with Crippen molar-refractivity contribution in [2.24, 2.45) is 0 Å². The highest BCUT2D eigenvalue weighted by atomic mass is 16.5. The number of nitrogens with zero attached hydrogens (tertiary/aromatic N) is 3. The summed E-state index contributed by atoms with van der Waals surface area (Å²) < 4.78 is 17.4. The molecule has 1 aliphatic heterocycles. The maximum Gasteiger partial charge on any atom is 0.232 e. The number of ether oxygens (including phenoxy) is 1. The van der Waals surface area contributed by atoms with Crippen molar-refractivity contribution >= 4 is 5.88 Å². The van der Waals surface area contributed by atoms with Crippen LogP contribution in [0.4, 0.5) is 5.88 Å². The van der Waals surface area contributed by atoms with Crippen molar-refractivity contribution < 1.29 is 18.8 Å². The van der Waals surface area contributed by atoms with Crippen LogP contribution in [-0.4, -0.2) is 47.5 Å². The summed E-state index contributed by atoms with van der Waals surface area (Å²) in [6.07, 6.45) is 4.53. The summed E-state index contributed by atoms with van der Waals surface area (Å²) in [4.78, 5) is 4.47. The molecule has 1 N–H and O–H groups in total. The van der Waals surface area contributed by atoms with Crippen LogP contribution in [0.2, 0.25) is 0 Å². The maximum atomic E-state index is 10.9. The van der Waals surface area contributed by atoms with Gasteiger partial charge in [-0.1, -0.05) is 53.7 Å². The van der Waals surface area contributed by atoms with Gasteiger partial charge in [-0.25, -0.2) is 0 Å². The number of furan rings is 1. The molecule has 0 saturated carbocycles. The lowest BCUT2D eigenvalue weighted by Crippen LogP contribution is -2.36. The average molecular weight is 488 g/mol. The average Bonchev–Trinajstić information content (AvgIpc) is 3.59. The van der Waals surface area contributed by atoms with Gasteiger partial charge in [0.1, 0.15) is 29.9 Å². The molecule has 7 nitrogen and oxygen atoms in total. The van der Waals surface area contributed by atoms with Gasteiger partial charge in [0.25, 0.3) is 0 Å². The summed E-state index contributed by atoms with van der Waals surface area (Å²) in [5, 5.41) is 15.4. The van der Waals surface area contributed by atoms with Crippen LogP contribution in [0.5, 0.6) is 5.75 Å². The standard InChI is InChI=1S/C29H33N3O4/c33-24(22-35-25-13-6-2-7-14-25)19-31(20-26-15-10-18-34-26)21-27-28(23-11-4-1-5-12-23)30-36-29(27)32-16-8-3-9-17-32/h1-2,4-7,10-15,18,24,33H,3,8-9,16-17,19-22H2/t24-/m1/s1. The Hall–Kier alpha value is -3.55. The summed E-state index contributed by atoms with van der Waals surface area (Å²) in [6.45, 7) is 3.64. The zero-order chi connectivity index (χ0) is 24.6. The van der Waals surface area contributed by atoms with Gasteiger partial charge in [0.2, 0.25) is 5.88 Å². The van der Waals surface area contributed by atoms with E-state index >= 15 is 0 Å². The number of hydrogen-bond donors (Lipinski definition) is 1. The molecule has 188 valence electrons. The van der Waals surface area contributed by atoms with E-state index in [0.717, 1.165) is 60.1 Å². The third-order valence-electron chi connectivity index (χ3n) is 6.45. The number of benzene rings is 2. The molecular weight excluding hydrogens is 454 g/mol. The van der Waals surface area contributed by atoms with Crippen molar-refractivity contribution in [3.8, 4) is 17.0 Å². The first-order chi connectivity index (χ1) is 17.8. The first-order valence-corrected chi connectivity index (χ1v) is 12.7. The van der Waals surface area contributed by atoms with Crippen molar-refractivity contribution in [2.45, 2.75) is 38.5 Å². The summed E-state index contributed by atoms with van der Waals surface area (Å²) in [6, 6.07) is 23.5. The number of aliphatic hydroxyl groups is 1. The fourth-order valence-corrected chi connectivity index (χ4v) is 4.70. The molecule has 1 fully saturated rings. The summed E-state index contributed by atoms with van der Waals surface area (Å²) in [7, 11) is 0. The van der Waals surface area contributed by atoms with Crippen LogP contribution in [-0.2, 0) is 13.1 Å². The summed E-state index contributed by atoms with van der Waals surface area (Å²) in [5.74, 6) is 2.41. The molecule has 2 aromatic carbocycles. The SMILES string of the molecule is O[C@@H](COc1ccccc1)CN(Cc1ccco1)Cc1c(-c2ccccc2)noc1N1CCCCC1. The minimum absolute atomic E-state index is 0.201. The second-order valence-electron chi connectivity index (χ2n) is 9.26. The number of hydrogen-bond acceptors (Lipinski definition) is 7. The highest BCUT2D eigenvalue weighted by Crippen LogP contribution is 2.34. The molecule has 3 heterocycles. The van der Waals surface area contributed by atoms with Gasteiger partial charge in [0.05, 0.1) is 18.4 Å². The number of anilines is 1. The molecule has 2 aromatic heterocycles. The Morgan fingerprint density at radius 2 is 1.67 bits per heavy atom. The van der Waals surface area contributed by atoms with Crippen LogP contribution < -0.4 is 9.64 Å². The highest BCUT2D eigenvalue weighted by Gasteiger charge is 2.26. The van der Waals surface area contributed by atoms with Crippen LogP contribution in [0, 0.1) is 0 Å².